The van der Waals surface area contributed by atoms with Crippen molar-refractivity contribution in [3.8, 4) is 0 Å². The lowest BCUT2D eigenvalue weighted by atomic mass is 9.99. The molecule has 0 spiro atoms. The van der Waals surface area contributed by atoms with Crippen molar-refractivity contribution in [2.45, 2.75) is 78.9 Å². The first-order chi connectivity index (χ1) is 16.0. The van der Waals surface area contributed by atoms with E-state index >= 15 is 0 Å². The second kappa shape index (κ2) is 10.8. The molecule has 3 aliphatic rings. The molecule has 0 radical (unpaired) electrons. The average Bonchev–Trinajstić information content (AvgIpc) is 3.23. The lowest BCUT2D eigenvalue weighted by Gasteiger charge is -2.44. The number of hydrogen-bond acceptors (Lipinski definition) is 16. The van der Waals surface area contributed by atoms with Gasteiger partial charge in [0, 0.05) is 0 Å². The zero-order chi connectivity index (χ0) is 25.4. The van der Waals surface area contributed by atoms with Crippen LogP contribution in [0.2, 0.25) is 0 Å². The summed E-state index contributed by atoms with van der Waals surface area (Å²) in [5.74, 6) is -4.84. The smallest absolute Gasteiger partial charge is 0.224 e. The maximum atomic E-state index is 10.7. The normalized spacial score (nSPS) is 51.8. The fourth-order valence-corrected chi connectivity index (χ4v) is 4.14. The van der Waals surface area contributed by atoms with Gasteiger partial charge in [0.1, 0.15) is 74.3 Å². The quantitative estimate of drug-likeness (QED) is 0.139. The highest BCUT2D eigenvalue weighted by molar-refractivity contribution is 5.01. The van der Waals surface area contributed by atoms with Crippen LogP contribution in [0.1, 0.15) is 0 Å². The summed E-state index contributed by atoms with van der Waals surface area (Å²) in [7, 11) is 0. The summed E-state index contributed by atoms with van der Waals surface area (Å²) < 4.78 is 26.9. The number of aliphatic hydroxyl groups excluding tert-OH is 11. The van der Waals surface area contributed by atoms with Crippen LogP contribution in [0.5, 0.6) is 0 Å². The van der Waals surface area contributed by atoms with E-state index in [1.54, 1.807) is 0 Å². The van der Waals surface area contributed by atoms with Gasteiger partial charge in [-0.1, -0.05) is 0 Å². The summed E-state index contributed by atoms with van der Waals surface area (Å²) in [6.07, 6.45) is -19.0. The first-order valence-electron chi connectivity index (χ1n) is 10.5. The third kappa shape index (κ3) is 4.71. The Hall–Kier alpha value is -0.640. The fraction of sp³-hybridized carbons (Fsp3) is 1.00. The highest BCUT2D eigenvalue weighted by Crippen LogP contribution is 2.39. The first kappa shape index (κ1) is 27.9. The molecule has 0 aromatic carbocycles. The molecule has 0 aromatic heterocycles. The van der Waals surface area contributed by atoms with Gasteiger partial charge in [0.2, 0.25) is 11.6 Å². The Kier molecular flexibility index (Phi) is 8.85. The van der Waals surface area contributed by atoms with Crippen molar-refractivity contribution in [2.75, 3.05) is 33.0 Å². The SMILES string of the molecule is OCC1O[C@H](O[C@]2(CO[C@]3(CO)O[C@H](CO)[C@H](O)C3O)O[C@H](CO)[C@H](O)C2O)C(O)[C@H](O)[C@@H]1O. The van der Waals surface area contributed by atoms with Crippen LogP contribution in [0.15, 0.2) is 0 Å². The molecule has 3 fully saturated rings. The van der Waals surface area contributed by atoms with Crippen LogP contribution in [0.4, 0.5) is 0 Å². The summed E-state index contributed by atoms with van der Waals surface area (Å²) in [5, 5.41) is 109. The third-order valence-corrected chi connectivity index (χ3v) is 6.27. The molecule has 0 bridgehead atoms. The van der Waals surface area contributed by atoms with E-state index in [0.717, 1.165) is 0 Å². The van der Waals surface area contributed by atoms with Gasteiger partial charge in [0.05, 0.1) is 19.8 Å². The van der Waals surface area contributed by atoms with Gasteiger partial charge >= 0.3 is 0 Å². The zero-order valence-electron chi connectivity index (χ0n) is 17.8. The van der Waals surface area contributed by atoms with Gasteiger partial charge in [-0.2, -0.15) is 0 Å². The maximum Gasteiger partial charge on any atom is 0.224 e. The Morgan fingerprint density at radius 1 is 0.588 bits per heavy atom. The summed E-state index contributed by atoms with van der Waals surface area (Å²) in [5.41, 5.74) is 0. The summed E-state index contributed by atoms with van der Waals surface area (Å²) in [6, 6.07) is 0. The second-order valence-electron chi connectivity index (χ2n) is 8.43. The highest BCUT2D eigenvalue weighted by Gasteiger charge is 2.62. The van der Waals surface area contributed by atoms with Crippen molar-refractivity contribution >= 4 is 0 Å². The lowest BCUT2D eigenvalue weighted by Crippen LogP contribution is -2.63. The minimum atomic E-state index is -2.49. The molecule has 200 valence electrons. The van der Waals surface area contributed by atoms with Crippen LogP contribution < -0.4 is 0 Å². The van der Waals surface area contributed by atoms with E-state index in [9.17, 15) is 56.2 Å². The molecule has 3 aliphatic heterocycles. The van der Waals surface area contributed by atoms with Crippen LogP contribution in [0, 0.1) is 0 Å². The topological polar surface area (TPSA) is 269 Å². The molecule has 4 unspecified atom stereocenters. The van der Waals surface area contributed by atoms with E-state index < -0.39 is 112 Å². The van der Waals surface area contributed by atoms with Gasteiger partial charge < -0.3 is 79.9 Å². The number of hydrogen-bond donors (Lipinski definition) is 11. The molecule has 0 amide bonds. The molecule has 34 heavy (non-hydrogen) atoms. The van der Waals surface area contributed by atoms with Gasteiger partial charge in [0.15, 0.2) is 6.29 Å². The lowest BCUT2D eigenvalue weighted by molar-refractivity contribution is -0.399. The molecule has 13 atom stereocenters. The Balaban J connectivity index is 1.87. The molecule has 16 heteroatoms. The van der Waals surface area contributed by atoms with Crippen LogP contribution in [-0.2, 0) is 23.7 Å². The molecule has 16 nitrogen and oxygen atoms in total. The molecular formula is C18H32O16. The van der Waals surface area contributed by atoms with Crippen molar-refractivity contribution < 1.29 is 79.9 Å². The van der Waals surface area contributed by atoms with E-state index in [0.29, 0.717) is 0 Å². The van der Waals surface area contributed by atoms with E-state index in [2.05, 4.69) is 0 Å². The van der Waals surface area contributed by atoms with E-state index in [1.807, 2.05) is 0 Å². The Labute approximate surface area is 192 Å². The molecule has 3 rings (SSSR count). The Morgan fingerprint density at radius 2 is 1.09 bits per heavy atom. The van der Waals surface area contributed by atoms with Crippen molar-refractivity contribution in [3.63, 3.8) is 0 Å². The first-order valence-corrected chi connectivity index (χ1v) is 10.5. The molecule has 3 saturated heterocycles. The van der Waals surface area contributed by atoms with Gasteiger partial charge in [-0.15, -0.1) is 0 Å². The number of ether oxygens (including phenoxy) is 5. The van der Waals surface area contributed by atoms with Gasteiger partial charge in [-0.05, 0) is 0 Å². The van der Waals surface area contributed by atoms with E-state index in [-0.39, 0.29) is 0 Å². The minimum Gasteiger partial charge on any atom is -0.394 e. The molecule has 0 saturated carbocycles. The summed E-state index contributed by atoms with van der Waals surface area (Å²) in [4.78, 5) is 0. The number of rotatable bonds is 9. The van der Waals surface area contributed by atoms with Gasteiger partial charge in [0.25, 0.3) is 0 Å². The Morgan fingerprint density at radius 3 is 1.56 bits per heavy atom. The predicted molar refractivity (Wildman–Crippen MR) is 101 cm³/mol. The highest BCUT2D eigenvalue weighted by atomic mass is 16.8. The molecule has 3 heterocycles. The third-order valence-electron chi connectivity index (χ3n) is 6.27. The van der Waals surface area contributed by atoms with Crippen molar-refractivity contribution in [1.29, 1.82) is 0 Å². The summed E-state index contributed by atoms with van der Waals surface area (Å²) >= 11 is 0. The standard InChI is InChI=1S/C18H32O16/c19-1-6-9(23)12(26)13(27)16(31-6)34-18(15(29)11(25)8(3-21)33-18)5-30-17(4-22)14(28)10(24)7(2-20)32-17/h6-16,19-29H,1-5H2/t6?,7-,8-,9-,10+,11+,12-,13?,14?,15?,16-,17-,18+/m1/s1. The summed E-state index contributed by atoms with van der Waals surface area (Å²) in [6.45, 7) is -4.40. The average molecular weight is 504 g/mol. The van der Waals surface area contributed by atoms with Crippen molar-refractivity contribution in [3.05, 3.63) is 0 Å². The van der Waals surface area contributed by atoms with Gasteiger partial charge in [-0.25, -0.2) is 0 Å². The van der Waals surface area contributed by atoms with Gasteiger partial charge in [-0.3, -0.25) is 0 Å². The second-order valence-corrected chi connectivity index (χ2v) is 8.43. The number of aliphatic hydroxyl groups is 11. The molecule has 0 aliphatic carbocycles. The molecular weight excluding hydrogens is 472 g/mol. The maximum absolute atomic E-state index is 10.7. The zero-order valence-corrected chi connectivity index (χ0v) is 17.8. The van der Waals surface area contributed by atoms with E-state index in [1.165, 1.54) is 0 Å². The van der Waals surface area contributed by atoms with Crippen molar-refractivity contribution in [2.24, 2.45) is 0 Å². The van der Waals surface area contributed by atoms with Crippen LogP contribution >= 0.6 is 0 Å². The van der Waals surface area contributed by atoms with Crippen LogP contribution in [0.25, 0.3) is 0 Å². The van der Waals surface area contributed by atoms with E-state index in [4.69, 9.17) is 23.7 Å². The Bertz CT molecular complexity index is 668. The molecule has 11 N–H and O–H groups in total. The fourth-order valence-electron chi connectivity index (χ4n) is 4.14. The monoisotopic (exact) mass is 504 g/mol. The molecule has 0 aromatic rings. The van der Waals surface area contributed by atoms with Crippen molar-refractivity contribution in [1.82, 2.24) is 0 Å². The van der Waals surface area contributed by atoms with Crippen LogP contribution in [0.3, 0.4) is 0 Å². The predicted octanol–water partition coefficient (Wildman–Crippen LogP) is -7.57. The minimum absolute atomic E-state index is 0.750. The largest absolute Gasteiger partial charge is 0.394 e. The van der Waals surface area contributed by atoms with Crippen LogP contribution in [-0.4, -0.2) is 168 Å².